The maximum atomic E-state index is 3.34. The van der Waals surface area contributed by atoms with Crippen molar-refractivity contribution in [3.05, 3.63) is 29.3 Å². The normalized spacial score (nSPS) is 14.5. The van der Waals surface area contributed by atoms with E-state index >= 15 is 0 Å². The summed E-state index contributed by atoms with van der Waals surface area (Å²) in [5.41, 5.74) is 4.25. The first-order valence-electron chi connectivity index (χ1n) is 3.70. The van der Waals surface area contributed by atoms with Crippen LogP contribution >= 0.6 is 0 Å². The molecule has 0 spiro atoms. The van der Waals surface area contributed by atoms with Crippen LogP contribution in [-0.2, 0) is 6.42 Å². The lowest BCUT2D eigenvalue weighted by atomic mass is 10.1. The SMILES string of the molecule is Cc1cccc2c1CCN2.[HH]. The van der Waals surface area contributed by atoms with Crippen molar-refractivity contribution < 1.29 is 1.43 Å². The van der Waals surface area contributed by atoms with Crippen molar-refractivity contribution in [1.82, 2.24) is 0 Å². The molecule has 1 nitrogen and oxygen atoms in total. The lowest BCUT2D eigenvalue weighted by Crippen LogP contribution is -1.90. The molecular weight excluding hydrogens is 122 g/mol. The van der Waals surface area contributed by atoms with E-state index in [1.165, 1.54) is 23.2 Å². The number of anilines is 1. The van der Waals surface area contributed by atoms with Crippen molar-refractivity contribution in [3.8, 4) is 0 Å². The molecule has 0 amide bonds. The molecule has 0 bridgehead atoms. The molecule has 54 valence electrons. The van der Waals surface area contributed by atoms with E-state index in [4.69, 9.17) is 0 Å². The average Bonchev–Trinajstić information content (AvgIpc) is 2.36. The number of benzene rings is 1. The molecule has 1 heterocycles. The van der Waals surface area contributed by atoms with Crippen molar-refractivity contribution in [2.75, 3.05) is 11.9 Å². The fourth-order valence-corrected chi connectivity index (χ4v) is 1.52. The lowest BCUT2D eigenvalue weighted by molar-refractivity contribution is 1.09. The summed E-state index contributed by atoms with van der Waals surface area (Å²) >= 11 is 0. The highest BCUT2D eigenvalue weighted by Crippen LogP contribution is 2.24. The van der Waals surface area contributed by atoms with Crippen molar-refractivity contribution in [2.45, 2.75) is 13.3 Å². The summed E-state index contributed by atoms with van der Waals surface area (Å²) in [6, 6.07) is 6.42. The van der Waals surface area contributed by atoms with E-state index in [1.54, 1.807) is 0 Å². The van der Waals surface area contributed by atoms with Crippen molar-refractivity contribution in [3.63, 3.8) is 0 Å². The largest absolute Gasteiger partial charge is 0.384 e. The Morgan fingerprint density at radius 3 is 3.20 bits per heavy atom. The highest BCUT2D eigenvalue weighted by molar-refractivity contribution is 5.58. The summed E-state index contributed by atoms with van der Waals surface area (Å²) in [6.07, 6.45) is 1.20. The fourth-order valence-electron chi connectivity index (χ4n) is 1.52. The third-order valence-electron chi connectivity index (χ3n) is 2.10. The van der Waals surface area contributed by atoms with E-state index in [2.05, 4.69) is 30.4 Å². The predicted molar refractivity (Wildman–Crippen MR) is 45.5 cm³/mol. The van der Waals surface area contributed by atoms with Crippen LogP contribution in [0.3, 0.4) is 0 Å². The topological polar surface area (TPSA) is 12.0 Å². The van der Waals surface area contributed by atoms with Crippen LogP contribution in [0.5, 0.6) is 0 Å². The second-order valence-corrected chi connectivity index (χ2v) is 2.78. The van der Waals surface area contributed by atoms with Gasteiger partial charge in [0.2, 0.25) is 0 Å². The minimum absolute atomic E-state index is 0. The van der Waals surface area contributed by atoms with Crippen molar-refractivity contribution >= 4 is 5.69 Å². The van der Waals surface area contributed by atoms with E-state index in [-0.39, 0.29) is 1.43 Å². The molecule has 0 aliphatic carbocycles. The second kappa shape index (κ2) is 2.01. The van der Waals surface area contributed by atoms with Gasteiger partial charge in [0.25, 0.3) is 0 Å². The molecule has 1 aromatic carbocycles. The van der Waals surface area contributed by atoms with Gasteiger partial charge in [-0.25, -0.2) is 0 Å². The van der Waals surface area contributed by atoms with E-state index < -0.39 is 0 Å². The van der Waals surface area contributed by atoms with Gasteiger partial charge >= 0.3 is 0 Å². The molecule has 0 atom stereocenters. The second-order valence-electron chi connectivity index (χ2n) is 2.78. The summed E-state index contributed by atoms with van der Waals surface area (Å²) in [7, 11) is 0. The van der Waals surface area contributed by atoms with E-state index in [1.807, 2.05) is 0 Å². The number of rotatable bonds is 0. The quantitative estimate of drug-likeness (QED) is 0.575. The minimum Gasteiger partial charge on any atom is -0.384 e. The summed E-state index contributed by atoms with van der Waals surface area (Å²) in [4.78, 5) is 0. The van der Waals surface area contributed by atoms with Crippen LogP contribution in [-0.4, -0.2) is 6.54 Å². The van der Waals surface area contributed by atoms with Crippen LogP contribution in [0.1, 0.15) is 12.6 Å². The van der Waals surface area contributed by atoms with Gasteiger partial charge in [-0.3, -0.25) is 0 Å². The lowest BCUT2D eigenvalue weighted by Gasteiger charge is -2.00. The molecule has 1 aliphatic rings. The van der Waals surface area contributed by atoms with Gasteiger partial charge in [-0.1, -0.05) is 12.1 Å². The molecule has 0 saturated carbocycles. The Morgan fingerprint density at radius 1 is 1.50 bits per heavy atom. The first kappa shape index (κ1) is 5.78. The fraction of sp³-hybridized carbons (Fsp3) is 0.333. The molecule has 1 N–H and O–H groups in total. The van der Waals surface area contributed by atoms with Crippen LogP contribution in [0.2, 0.25) is 0 Å². The molecule has 0 saturated heterocycles. The smallest absolute Gasteiger partial charge is 0.0376 e. The van der Waals surface area contributed by atoms with Crippen molar-refractivity contribution in [2.24, 2.45) is 0 Å². The molecular formula is C9H13N. The molecule has 1 aliphatic heterocycles. The van der Waals surface area contributed by atoms with Gasteiger partial charge in [0, 0.05) is 13.7 Å². The van der Waals surface area contributed by atoms with Gasteiger partial charge in [-0.05, 0) is 30.5 Å². The Bertz CT molecular complexity index is 258. The zero-order valence-corrected chi connectivity index (χ0v) is 6.15. The number of nitrogens with one attached hydrogen (secondary N) is 1. The van der Waals surface area contributed by atoms with Crippen LogP contribution < -0.4 is 5.32 Å². The van der Waals surface area contributed by atoms with Gasteiger partial charge in [-0.15, -0.1) is 0 Å². The Labute approximate surface area is 62.6 Å². The Morgan fingerprint density at radius 2 is 2.40 bits per heavy atom. The molecule has 0 radical (unpaired) electrons. The number of aryl methyl sites for hydroxylation is 1. The summed E-state index contributed by atoms with van der Waals surface area (Å²) in [6.45, 7) is 3.28. The molecule has 1 heteroatoms. The number of fused-ring (bicyclic) bond motifs is 1. The van der Waals surface area contributed by atoms with Gasteiger partial charge < -0.3 is 5.32 Å². The highest BCUT2D eigenvalue weighted by atomic mass is 14.9. The number of hydrogen-bond acceptors (Lipinski definition) is 1. The monoisotopic (exact) mass is 135 g/mol. The van der Waals surface area contributed by atoms with Gasteiger partial charge in [0.1, 0.15) is 0 Å². The molecule has 1 aromatic rings. The third kappa shape index (κ3) is 0.703. The number of hydrogen-bond donors (Lipinski definition) is 1. The molecule has 10 heavy (non-hydrogen) atoms. The Kier molecular flexibility index (Phi) is 1.16. The zero-order chi connectivity index (χ0) is 6.97. The van der Waals surface area contributed by atoms with Crippen LogP contribution in [0.15, 0.2) is 18.2 Å². The summed E-state index contributed by atoms with van der Waals surface area (Å²) in [5, 5.41) is 3.34. The molecule has 0 aromatic heterocycles. The first-order valence-corrected chi connectivity index (χ1v) is 3.70. The van der Waals surface area contributed by atoms with Crippen molar-refractivity contribution in [1.29, 1.82) is 0 Å². The van der Waals surface area contributed by atoms with Crippen LogP contribution in [0.4, 0.5) is 5.69 Å². The zero-order valence-electron chi connectivity index (χ0n) is 6.15. The van der Waals surface area contributed by atoms with E-state index in [0.29, 0.717) is 0 Å². The predicted octanol–water partition coefficient (Wildman–Crippen LogP) is 2.21. The Hall–Kier alpha value is -0.980. The standard InChI is InChI=1S/C9H11N.H2/c1-7-3-2-4-9-8(7)5-6-10-9;/h2-4,10H,5-6H2,1H3;1H. The van der Waals surface area contributed by atoms with Gasteiger partial charge in [0.05, 0.1) is 0 Å². The third-order valence-corrected chi connectivity index (χ3v) is 2.10. The van der Waals surface area contributed by atoms with E-state index in [9.17, 15) is 0 Å². The highest BCUT2D eigenvalue weighted by Gasteiger charge is 2.09. The molecule has 2 rings (SSSR count). The molecule has 0 unspecified atom stereocenters. The minimum atomic E-state index is 0. The average molecular weight is 135 g/mol. The maximum Gasteiger partial charge on any atom is 0.0376 e. The first-order chi connectivity index (χ1) is 4.88. The summed E-state index contributed by atoms with van der Waals surface area (Å²) < 4.78 is 0. The van der Waals surface area contributed by atoms with Gasteiger partial charge in [-0.2, -0.15) is 0 Å². The molecule has 0 fully saturated rings. The summed E-state index contributed by atoms with van der Waals surface area (Å²) in [5.74, 6) is 0. The van der Waals surface area contributed by atoms with Gasteiger partial charge in [0.15, 0.2) is 0 Å². The van der Waals surface area contributed by atoms with Crippen LogP contribution in [0.25, 0.3) is 0 Å². The maximum absolute atomic E-state index is 3.34. The van der Waals surface area contributed by atoms with Crippen LogP contribution in [0, 0.1) is 6.92 Å². The Balaban J connectivity index is 0.000000605. The van der Waals surface area contributed by atoms with E-state index in [0.717, 1.165) is 6.54 Å².